The number of nitrogens with one attached hydrogen (secondary N) is 1. The molecule has 0 saturated carbocycles. The summed E-state index contributed by atoms with van der Waals surface area (Å²) < 4.78 is 9.56. The van der Waals surface area contributed by atoms with Crippen LogP contribution >= 0.6 is 0 Å². The lowest BCUT2D eigenvalue weighted by Crippen LogP contribution is -2.20. The number of carbonyl (C=O) groups is 2. The average molecular weight is 274 g/mol. The number of esters is 1. The van der Waals surface area contributed by atoms with Crippen LogP contribution in [0.25, 0.3) is 0 Å². The zero-order chi connectivity index (χ0) is 14.5. The second-order valence-electron chi connectivity index (χ2n) is 4.33. The Kier molecular flexibility index (Phi) is 4.14. The third-order valence-corrected chi connectivity index (χ3v) is 2.47. The van der Waals surface area contributed by atoms with Crippen molar-refractivity contribution >= 4 is 17.6 Å². The van der Waals surface area contributed by atoms with E-state index < -0.39 is 11.9 Å². The Morgan fingerprint density at radius 3 is 2.75 bits per heavy atom. The molecule has 2 rings (SSSR count). The SMILES string of the molecule is Cc1cccc(NC(=O)COC(=O)c2cc(C)no2)c1. The van der Waals surface area contributed by atoms with Gasteiger partial charge in [-0.3, -0.25) is 4.79 Å². The third kappa shape index (κ3) is 3.68. The first-order valence-electron chi connectivity index (χ1n) is 6.01. The van der Waals surface area contributed by atoms with Crippen LogP contribution in [-0.4, -0.2) is 23.6 Å². The first kappa shape index (κ1) is 13.8. The fraction of sp³-hybridized carbons (Fsp3) is 0.214. The number of aromatic nitrogens is 1. The summed E-state index contributed by atoms with van der Waals surface area (Å²) in [5.74, 6) is -1.16. The molecule has 0 saturated heterocycles. The molecule has 6 heteroatoms. The smallest absolute Gasteiger partial charge is 0.377 e. The van der Waals surface area contributed by atoms with Crippen molar-refractivity contribution in [1.29, 1.82) is 0 Å². The van der Waals surface area contributed by atoms with E-state index in [0.717, 1.165) is 5.56 Å². The van der Waals surface area contributed by atoms with Crippen molar-refractivity contribution in [2.24, 2.45) is 0 Å². The van der Waals surface area contributed by atoms with Gasteiger partial charge in [-0.2, -0.15) is 0 Å². The Balaban J connectivity index is 1.85. The van der Waals surface area contributed by atoms with Crippen molar-refractivity contribution in [3.8, 4) is 0 Å². The molecule has 20 heavy (non-hydrogen) atoms. The van der Waals surface area contributed by atoms with Crippen LogP contribution in [0.2, 0.25) is 0 Å². The molecule has 0 aliphatic rings. The van der Waals surface area contributed by atoms with Gasteiger partial charge in [-0.15, -0.1) is 0 Å². The highest BCUT2D eigenvalue weighted by atomic mass is 16.6. The second kappa shape index (κ2) is 6.01. The molecule has 0 fully saturated rings. The van der Waals surface area contributed by atoms with Gasteiger partial charge < -0.3 is 14.6 Å². The van der Waals surface area contributed by atoms with Gasteiger partial charge in [0, 0.05) is 11.8 Å². The number of carbonyl (C=O) groups excluding carboxylic acids is 2. The van der Waals surface area contributed by atoms with Gasteiger partial charge >= 0.3 is 5.97 Å². The molecule has 1 heterocycles. The summed E-state index contributed by atoms with van der Waals surface area (Å²) in [6, 6.07) is 8.77. The maximum Gasteiger partial charge on any atom is 0.377 e. The van der Waals surface area contributed by atoms with E-state index in [1.54, 1.807) is 13.0 Å². The number of hydrogen-bond donors (Lipinski definition) is 1. The van der Waals surface area contributed by atoms with Crippen molar-refractivity contribution in [3.63, 3.8) is 0 Å². The highest BCUT2D eigenvalue weighted by Gasteiger charge is 2.14. The molecule has 1 amide bonds. The van der Waals surface area contributed by atoms with Crippen LogP contribution in [0.15, 0.2) is 34.9 Å². The molecule has 1 N–H and O–H groups in total. The van der Waals surface area contributed by atoms with Gasteiger partial charge in [0.2, 0.25) is 5.76 Å². The molecule has 0 spiro atoms. The van der Waals surface area contributed by atoms with Crippen molar-refractivity contribution in [2.75, 3.05) is 11.9 Å². The molecule has 1 aromatic carbocycles. The van der Waals surface area contributed by atoms with Gasteiger partial charge in [0.25, 0.3) is 5.91 Å². The van der Waals surface area contributed by atoms with Crippen molar-refractivity contribution < 1.29 is 18.8 Å². The summed E-state index contributed by atoms with van der Waals surface area (Å²) in [7, 11) is 0. The summed E-state index contributed by atoms with van der Waals surface area (Å²) in [4.78, 5) is 23.2. The second-order valence-corrected chi connectivity index (χ2v) is 4.33. The normalized spacial score (nSPS) is 10.1. The lowest BCUT2D eigenvalue weighted by molar-refractivity contribution is -0.119. The Bertz CT molecular complexity index is 634. The molecular weight excluding hydrogens is 260 g/mol. The van der Waals surface area contributed by atoms with E-state index in [-0.39, 0.29) is 12.4 Å². The van der Waals surface area contributed by atoms with Crippen LogP contribution in [0.3, 0.4) is 0 Å². The Hall–Kier alpha value is -2.63. The zero-order valence-electron chi connectivity index (χ0n) is 11.2. The van der Waals surface area contributed by atoms with Crippen LogP contribution in [-0.2, 0) is 9.53 Å². The maximum atomic E-state index is 11.6. The number of ether oxygens (including phenoxy) is 1. The predicted molar refractivity (Wildman–Crippen MR) is 71.3 cm³/mol. The lowest BCUT2D eigenvalue weighted by Gasteiger charge is -2.06. The van der Waals surface area contributed by atoms with E-state index in [1.165, 1.54) is 6.07 Å². The highest BCUT2D eigenvalue weighted by molar-refractivity contribution is 5.94. The molecule has 0 radical (unpaired) electrons. The largest absolute Gasteiger partial charge is 0.450 e. The van der Waals surface area contributed by atoms with Crippen LogP contribution < -0.4 is 5.32 Å². The highest BCUT2D eigenvalue weighted by Crippen LogP contribution is 2.09. The minimum Gasteiger partial charge on any atom is -0.450 e. The Labute approximate surface area is 115 Å². The van der Waals surface area contributed by atoms with Crippen LogP contribution in [0.5, 0.6) is 0 Å². The van der Waals surface area contributed by atoms with E-state index in [4.69, 9.17) is 9.26 Å². The Morgan fingerprint density at radius 1 is 1.30 bits per heavy atom. The predicted octanol–water partition coefficient (Wildman–Crippen LogP) is 2.09. The zero-order valence-corrected chi connectivity index (χ0v) is 11.2. The average Bonchev–Trinajstić information content (AvgIpc) is 2.83. The fourth-order valence-corrected chi connectivity index (χ4v) is 1.58. The molecule has 0 aliphatic carbocycles. The van der Waals surface area contributed by atoms with E-state index in [9.17, 15) is 9.59 Å². The quantitative estimate of drug-likeness (QED) is 0.863. The van der Waals surface area contributed by atoms with Gasteiger partial charge in [0.05, 0.1) is 5.69 Å². The van der Waals surface area contributed by atoms with E-state index in [0.29, 0.717) is 11.4 Å². The molecular formula is C14H14N2O4. The molecule has 6 nitrogen and oxygen atoms in total. The summed E-state index contributed by atoms with van der Waals surface area (Å²) in [5, 5.41) is 6.20. The van der Waals surface area contributed by atoms with E-state index in [2.05, 4.69) is 10.5 Å². The van der Waals surface area contributed by atoms with Gasteiger partial charge in [0.1, 0.15) is 0 Å². The van der Waals surface area contributed by atoms with Gasteiger partial charge in [-0.05, 0) is 31.5 Å². The number of nitrogens with zero attached hydrogens (tertiary/aromatic N) is 1. The van der Waals surface area contributed by atoms with Crippen molar-refractivity contribution in [3.05, 3.63) is 47.3 Å². The van der Waals surface area contributed by atoms with Gasteiger partial charge in [0.15, 0.2) is 6.61 Å². The number of hydrogen-bond acceptors (Lipinski definition) is 5. The molecule has 0 bridgehead atoms. The van der Waals surface area contributed by atoms with Crippen LogP contribution in [0.4, 0.5) is 5.69 Å². The molecule has 0 aliphatic heterocycles. The van der Waals surface area contributed by atoms with E-state index in [1.807, 2.05) is 25.1 Å². The lowest BCUT2D eigenvalue weighted by atomic mass is 10.2. The minimum absolute atomic E-state index is 0.0224. The monoisotopic (exact) mass is 274 g/mol. The number of aryl methyl sites for hydroxylation is 2. The topological polar surface area (TPSA) is 81.4 Å². The standard InChI is InChI=1S/C14H14N2O4/c1-9-4-3-5-11(6-9)15-13(17)8-19-14(18)12-7-10(2)16-20-12/h3-7H,8H2,1-2H3,(H,15,17). The number of anilines is 1. The van der Waals surface area contributed by atoms with Gasteiger partial charge in [-0.25, -0.2) is 4.79 Å². The summed E-state index contributed by atoms with van der Waals surface area (Å²) >= 11 is 0. The summed E-state index contributed by atoms with van der Waals surface area (Å²) in [5.41, 5.74) is 2.25. The Morgan fingerprint density at radius 2 is 2.10 bits per heavy atom. The number of benzene rings is 1. The van der Waals surface area contributed by atoms with Crippen molar-refractivity contribution in [1.82, 2.24) is 5.16 Å². The van der Waals surface area contributed by atoms with Gasteiger partial charge in [-0.1, -0.05) is 17.3 Å². The molecule has 2 aromatic rings. The van der Waals surface area contributed by atoms with Crippen LogP contribution in [0, 0.1) is 13.8 Å². The molecule has 0 atom stereocenters. The van der Waals surface area contributed by atoms with Crippen LogP contribution in [0.1, 0.15) is 21.8 Å². The number of amides is 1. The first-order chi connectivity index (χ1) is 9.54. The molecule has 0 unspecified atom stereocenters. The third-order valence-electron chi connectivity index (χ3n) is 2.47. The fourth-order valence-electron chi connectivity index (χ4n) is 1.58. The van der Waals surface area contributed by atoms with Crippen molar-refractivity contribution in [2.45, 2.75) is 13.8 Å². The molecule has 104 valence electrons. The summed E-state index contributed by atoms with van der Waals surface area (Å²) in [6.07, 6.45) is 0. The molecule has 1 aromatic heterocycles. The number of rotatable bonds is 4. The summed E-state index contributed by atoms with van der Waals surface area (Å²) in [6.45, 7) is 3.22. The maximum absolute atomic E-state index is 11.6. The minimum atomic E-state index is -0.718. The first-order valence-corrected chi connectivity index (χ1v) is 6.01. The van der Waals surface area contributed by atoms with E-state index >= 15 is 0 Å².